The first-order valence-electron chi connectivity index (χ1n) is 12.3. The SMILES string of the molecule is CCOc1ccccc1CC(=O)N[C@@H](Cc1cc(F)cc(F)c1)[C@@H](O)CNCc1cccc(CC)c1. The Bertz CT molecular complexity index is 1120. The zero-order valence-corrected chi connectivity index (χ0v) is 20.8. The second-order valence-electron chi connectivity index (χ2n) is 8.75. The molecule has 0 bridgehead atoms. The Morgan fingerprint density at radius 3 is 2.39 bits per heavy atom. The van der Waals surface area contributed by atoms with Crippen molar-refractivity contribution in [3.05, 3.63) is 101 Å². The van der Waals surface area contributed by atoms with Gasteiger partial charge in [0.2, 0.25) is 5.91 Å². The molecule has 0 saturated heterocycles. The van der Waals surface area contributed by atoms with E-state index in [9.17, 15) is 18.7 Å². The fourth-order valence-corrected chi connectivity index (χ4v) is 4.11. The van der Waals surface area contributed by atoms with Crippen molar-refractivity contribution in [1.82, 2.24) is 10.6 Å². The van der Waals surface area contributed by atoms with Gasteiger partial charge in [-0.05, 0) is 54.7 Å². The van der Waals surface area contributed by atoms with Crippen LogP contribution in [0.3, 0.4) is 0 Å². The first kappa shape index (κ1) is 27.3. The molecule has 5 nitrogen and oxygen atoms in total. The highest BCUT2D eigenvalue weighted by atomic mass is 19.1. The largest absolute Gasteiger partial charge is 0.494 e. The molecule has 3 N–H and O–H groups in total. The third kappa shape index (κ3) is 8.43. The number of aliphatic hydroxyl groups is 1. The molecule has 0 unspecified atom stereocenters. The second-order valence-corrected chi connectivity index (χ2v) is 8.75. The average Bonchev–Trinajstić information content (AvgIpc) is 2.84. The monoisotopic (exact) mass is 496 g/mol. The van der Waals surface area contributed by atoms with E-state index in [1.54, 1.807) is 6.07 Å². The van der Waals surface area contributed by atoms with Crippen LogP contribution in [0, 0.1) is 11.6 Å². The summed E-state index contributed by atoms with van der Waals surface area (Å²) >= 11 is 0. The lowest BCUT2D eigenvalue weighted by atomic mass is 10.00. The van der Waals surface area contributed by atoms with E-state index in [2.05, 4.69) is 29.7 Å². The molecule has 0 spiro atoms. The van der Waals surface area contributed by atoms with Crippen LogP contribution >= 0.6 is 0 Å². The lowest BCUT2D eigenvalue weighted by Crippen LogP contribution is -2.49. The number of hydrogen-bond donors (Lipinski definition) is 3. The summed E-state index contributed by atoms with van der Waals surface area (Å²) in [5.74, 6) is -1.11. The van der Waals surface area contributed by atoms with Crippen LogP contribution in [0.4, 0.5) is 8.78 Å². The Hall–Kier alpha value is -3.29. The zero-order valence-electron chi connectivity index (χ0n) is 20.8. The number of hydrogen-bond acceptors (Lipinski definition) is 4. The Balaban J connectivity index is 1.69. The van der Waals surface area contributed by atoms with Gasteiger partial charge in [-0.15, -0.1) is 0 Å². The molecule has 36 heavy (non-hydrogen) atoms. The first-order valence-corrected chi connectivity index (χ1v) is 12.3. The van der Waals surface area contributed by atoms with Crippen LogP contribution in [-0.4, -0.2) is 36.3 Å². The average molecular weight is 497 g/mol. The topological polar surface area (TPSA) is 70.6 Å². The lowest BCUT2D eigenvalue weighted by molar-refractivity contribution is -0.122. The molecule has 0 aliphatic heterocycles. The minimum absolute atomic E-state index is 0.0497. The Morgan fingerprint density at radius 1 is 0.944 bits per heavy atom. The Morgan fingerprint density at radius 2 is 1.67 bits per heavy atom. The summed E-state index contributed by atoms with van der Waals surface area (Å²) in [6.07, 6.45) is 0.0635. The summed E-state index contributed by atoms with van der Waals surface area (Å²) in [5, 5.41) is 17.0. The number of rotatable bonds is 13. The molecule has 7 heteroatoms. The van der Waals surface area contributed by atoms with Gasteiger partial charge in [0.15, 0.2) is 0 Å². The molecule has 3 aromatic rings. The molecule has 0 aliphatic carbocycles. The summed E-state index contributed by atoms with van der Waals surface area (Å²) < 4.78 is 33.2. The number of carbonyl (C=O) groups is 1. The number of amides is 1. The lowest BCUT2D eigenvalue weighted by Gasteiger charge is -2.25. The third-order valence-electron chi connectivity index (χ3n) is 5.89. The number of halogens is 2. The predicted molar refractivity (Wildman–Crippen MR) is 137 cm³/mol. The third-order valence-corrected chi connectivity index (χ3v) is 5.89. The molecule has 3 aromatic carbocycles. The Labute approximate surface area is 211 Å². The van der Waals surface area contributed by atoms with Crippen molar-refractivity contribution in [2.45, 2.75) is 51.8 Å². The molecular weight excluding hydrogens is 462 g/mol. The molecule has 1 amide bonds. The second kappa shape index (κ2) is 13.7. The van der Waals surface area contributed by atoms with Gasteiger partial charge in [-0.25, -0.2) is 8.78 Å². The maximum atomic E-state index is 13.8. The van der Waals surface area contributed by atoms with Crippen molar-refractivity contribution >= 4 is 5.91 Å². The van der Waals surface area contributed by atoms with Crippen LogP contribution in [0.1, 0.15) is 36.1 Å². The van der Waals surface area contributed by atoms with Gasteiger partial charge in [0.25, 0.3) is 0 Å². The van der Waals surface area contributed by atoms with E-state index < -0.39 is 23.8 Å². The van der Waals surface area contributed by atoms with Gasteiger partial charge in [0, 0.05) is 24.7 Å². The van der Waals surface area contributed by atoms with E-state index >= 15 is 0 Å². The van der Waals surface area contributed by atoms with Gasteiger partial charge in [-0.2, -0.15) is 0 Å². The van der Waals surface area contributed by atoms with Gasteiger partial charge in [-0.1, -0.05) is 49.4 Å². The number of aliphatic hydroxyl groups excluding tert-OH is 1. The van der Waals surface area contributed by atoms with Crippen molar-refractivity contribution in [2.75, 3.05) is 13.2 Å². The van der Waals surface area contributed by atoms with Crippen molar-refractivity contribution in [2.24, 2.45) is 0 Å². The molecule has 0 heterocycles. The molecule has 2 atom stereocenters. The number of benzene rings is 3. The number of carbonyl (C=O) groups excluding carboxylic acids is 1. The van der Waals surface area contributed by atoms with E-state index in [4.69, 9.17) is 4.74 Å². The van der Waals surface area contributed by atoms with Gasteiger partial charge in [0.1, 0.15) is 17.4 Å². The van der Waals surface area contributed by atoms with E-state index in [-0.39, 0.29) is 25.3 Å². The van der Waals surface area contributed by atoms with Crippen molar-refractivity contribution in [1.29, 1.82) is 0 Å². The van der Waals surface area contributed by atoms with Crippen LogP contribution in [-0.2, 0) is 30.6 Å². The summed E-state index contributed by atoms with van der Waals surface area (Å²) in [7, 11) is 0. The van der Waals surface area contributed by atoms with Gasteiger partial charge >= 0.3 is 0 Å². The first-order chi connectivity index (χ1) is 17.4. The molecule has 0 radical (unpaired) electrons. The number of ether oxygens (including phenoxy) is 1. The quantitative estimate of drug-likeness (QED) is 0.329. The highest BCUT2D eigenvalue weighted by Gasteiger charge is 2.23. The van der Waals surface area contributed by atoms with Gasteiger partial charge in [0.05, 0.1) is 25.2 Å². The minimum Gasteiger partial charge on any atom is -0.494 e. The molecule has 3 rings (SSSR count). The van der Waals surface area contributed by atoms with E-state index in [1.165, 1.54) is 17.7 Å². The number of nitrogens with one attached hydrogen (secondary N) is 2. The zero-order chi connectivity index (χ0) is 25.9. The smallest absolute Gasteiger partial charge is 0.224 e. The van der Waals surface area contributed by atoms with Gasteiger partial charge < -0.3 is 20.5 Å². The standard InChI is InChI=1S/C29H34F2N2O3/c1-3-20-8-7-9-21(12-20)18-32-19-27(34)26(15-22-13-24(30)17-25(31)14-22)33-29(35)16-23-10-5-6-11-28(23)36-4-2/h5-14,17,26-27,32,34H,3-4,15-16,18-19H2,1-2H3,(H,33,35)/t26-,27-/m0/s1. The fraction of sp³-hybridized carbons (Fsp3) is 0.345. The molecule has 0 fully saturated rings. The van der Waals surface area contributed by atoms with E-state index in [1.807, 2.05) is 37.3 Å². The van der Waals surface area contributed by atoms with Crippen molar-refractivity contribution in [3.8, 4) is 5.75 Å². The van der Waals surface area contributed by atoms with Crippen LogP contribution in [0.15, 0.2) is 66.7 Å². The summed E-state index contributed by atoms with van der Waals surface area (Å²) in [4.78, 5) is 12.9. The molecule has 0 saturated carbocycles. The highest BCUT2D eigenvalue weighted by molar-refractivity contribution is 5.79. The maximum Gasteiger partial charge on any atom is 0.224 e. The normalized spacial score (nSPS) is 12.7. The van der Waals surface area contributed by atoms with Crippen LogP contribution < -0.4 is 15.4 Å². The predicted octanol–water partition coefficient (Wildman–Crippen LogP) is 4.35. The summed E-state index contributed by atoms with van der Waals surface area (Å²) in [6, 6.07) is 17.9. The summed E-state index contributed by atoms with van der Waals surface area (Å²) in [5.41, 5.74) is 3.38. The van der Waals surface area contributed by atoms with E-state index in [0.717, 1.165) is 23.6 Å². The molecular formula is C29H34F2N2O3. The van der Waals surface area contributed by atoms with E-state index in [0.29, 0.717) is 24.5 Å². The molecule has 0 aliphatic rings. The highest BCUT2D eigenvalue weighted by Crippen LogP contribution is 2.19. The maximum absolute atomic E-state index is 13.8. The summed E-state index contributed by atoms with van der Waals surface area (Å²) in [6.45, 7) is 5.16. The molecule has 192 valence electrons. The molecule has 0 aromatic heterocycles. The van der Waals surface area contributed by atoms with Crippen LogP contribution in [0.25, 0.3) is 0 Å². The van der Waals surface area contributed by atoms with Crippen molar-refractivity contribution < 1.29 is 23.4 Å². The number of aryl methyl sites for hydroxylation is 1. The minimum atomic E-state index is -0.989. The fourth-order valence-electron chi connectivity index (χ4n) is 4.11. The Kier molecular flexibility index (Phi) is 10.4. The van der Waals surface area contributed by atoms with Gasteiger partial charge in [-0.3, -0.25) is 4.79 Å². The van der Waals surface area contributed by atoms with Crippen molar-refractivity contribution in [3.63, 3.8) is 0 Å². The number of para-hydroxylation sites is 1. The van der Waals surface area contributed by atoms with Crippen LogP contribution in [0.5, 0.6) is 5.75 Å². The van der Waals surface area contributed by atoms with Crippen LogP contribution in [0.2, 0.25) is 0 Å².